The van der Waals surface area contributed by atoms with Gasteiger partial charge in [0.25, 0.3) is 0 Å². The van der Waals surface area contributed by atoms with Gasteiger partial charge in [-0.25, -0.2) is 0 Å². The maximum Gasteiger partial charge on any atom is 0.0900 e. The smallest absolute Gasteiger partial charge is 0.0900 e. The van der Waals surface area contributed by atoms with E-state index >= 15 is 4.79 Å². The monoisotopic (exact) mass is 1520 g/mol. The Morgan fingerprint density at radius 3 is 0.606 bits per heavy atom. The number of hydrogen-bond donors (Lipinski definition) is 0. The minimum Gasteiger partial charge on any atom is -0.348 e. The Morgan fingerprint density at radius 2 is 0.337 bits per heavy atom. The number of aryl methyl sites for hydroxylation is 4. The quantitative estimate of drug-likeness (QED) is 0.130. The third kappa shape index (κ3) is 9.70. The predicted octanol–water partition coefficient (Wildman–Crippen LogP) is 24.8. The van der Waals surface area contributed by atoms with E-state index in [4.69, 9.17) is 0 Å². The third-order valence-corrected chi connectivity index (χ3v) is 29.2. The van der Waals surface area contributed by atoms with E-state index < -0.39 is 10.8 Å². The van der Waals surface area contributed by atoms with E-state index in [0.717, 1.165) is 44.5 Å². The first-order valence-electron chi connectivity index (χ1n) is 37.4. The van der Waals surface area contributed by atoms with Gasteiger partial charge in [-0.15, -0.1) is 119 Å². The van der Waals surface area contributed by atoms with Crippen LogP contribution in [0.1, 0.15) is 277 Å². The zero-order valence-electron chi connectivity index (χ0n) is 70.0. The predicted molar refractivity (Wildman–Crippen MR) is 431 cm³/mol. The molecule has 0 unspecified atom stereocenters. The molecular formula is C100H108O2Y2-4. The Bertz CT molecular complexity index is 5560. The summed E-state index contributed by atoms with van der Waals surface area (Å²) in [6.07, 6.45) is 0. The molecule has 0 N–H and O–H groups in total. The molecule has 0 heterocycles. The standard InChI is InChI=1S/2C50H54O.2Y/c1-21-19-39(31(11)24(4)23(21)3)49(51)40-20-22(2)45-44(38(40)18)43-34(14)27(7)30(10)37(17)48(43)50(45)46-35(15)28(8)25(5)32(12)41(46)42-33(13)26(6)29(9)36(16)47(42)50;1-21-19-39(31(11)24(4)23(21)3)49(51)40-20-22(2)41-42-32(12)25(5)28(8)35(15)45(42)50(48(41)38(40)18)46-36(16)29(9)26(6)33(13)43(46)44-34(14)27(7)30(10)37(17)47(44)50;;/h2*1-18H3;;/q2*-2;;. The molecule has 104 heavy (non-hydrogen) atoms. The fourth-order valence-corrected chi connectivity index (χ4v) is 20.7. The number of carbonyl (C=O) groups is 2. The first-order chi connectivity index (χ1) is 47.5. The summed E-state index contributed by atoms with van der Waals surface area (Å²) in [4.78, 5) is 29.9. The van der Waals surface area contributed by atoms with E-state index in [1.165, 1.54) is 245 Å². The second-order valence-corrected chi connectivity index (χ2v) is 32.7. The third-order valence-electron chi connectivity index (χ3n) is 29.2. The number of rotatable bonds is 4. The van der Waals surface area contributed by atoms with Crippen LogP contribution in [0.2, 0.25) is 0 Å². The first-order valence-corrected chi connectivity index (χ1v) is 37.4. The van der Waals surface area contributed by atoms with Crippen LogP contribution in [0.25, 0.3) is 44.5 Å². The number of carbonyl (C=O) groups excluding carboxylic acids is 2. The molecule has 530 valence electrons. The van der Waals surface area contributed by atoms with Gasteiger partial charge >= 0.3 is 0 Å². The Balaban J connectivity index is 0.000000204. The van der Waals surface area contributed by atoms with E-state index in [0.29, 0.717) is 22.3 Å². The summed E-state index contributed by atoms with van der Waals surface area (Å²) in [6.45, 7) is 81.5. The first kappa shape index (κ1) is 78.8. The molecule has 0 fully saturated rings. The minimum atomic E-state index is -0.583. The summed E-state index contributed by atoms with van der Waals surface area (Å²) in [5, 5.41) is 0. The number of hydrogen-bond acceptors (Lipinski definition) is 2. The van der Waals surface area contributed by atoms with E-state index in [9.17, 15) is 4.79 Å². The summed E-state index contributed by atoms with van der Waals surface area (Å²) in [5.41, 5.74) is 69.2. The molecule has 0 amide bonds. The molecule has 14 rings (SSSR count). The Labute approximate surface area is 676 Å². The van der Waals surface area contributed by atoms with Crippen LogP contribution in [0.4, 0.5) is 0 Å². The zero-order valence-corrected chi connectivity index (χ0v) is 75.6. The average Bonchev–Trinajstić information content (AvgIpc) is 1.48. The van der Waals surface area contributed by atoms with Crippen molar-refractivity contribution < 1.29 is 75.0 Å². The summed E-state index contributed by atoms with van der Waals surface area (Å²) < 4.78 is 0. The minimum absolute atomic E-state index is 0. The maximum absolute atomic E-state index is 15.0. The molecule has 0 atom stereocenters. The summed E-state index contributed by atoms with van der Waals surface area (Å²) >= 11 is 0. The molecular weight excluding hydrogens is 1410 g/mol. The summed E-state index contributed by atoms with van der Waals surface area (Å²) in [7, 11) is 0. The molecule has 0 bridgehead atoms. The second-order valence-electron chi connectivity index (χ2n) is 32.7. The second kappa shape index (κ2) is 26.3. The summed E-state index contributed by atoms with van der Waals surface area (Å²) in [5.74, 6) is 0.0421. The fraction of sp³-hybridized carbons (Fsp3) is 0.380. The number of fused-ring (bicyclic) bond motifs is 20. The van der Waals surface area contributed by atoms with Crippen molar-refractivity contribution in [3.8, 4) is 44.5 Å². The fourth-order valence-electron chi connectivity index (χ4n) is 20.7. The van der Waals surface area contributed by atoms with Gasteiger partial charge in [-0.1, -0.05) is 105 Å². The molecule has 2 spiro atoms. The van der Waals surface area contributed by atoms with Gasteiger partial charge in [0.15, 0.2) is 0 Å². The Kier molecular flexibility index (Phi) is 19.9. The van der Waals surface area contributed by atoms with E-state index in [1.807, 2.05) is 0 Å². The molecule has 10 aromatic rings. The van der Waals surface area contributed by atoms with Crippen molar-refractivity contribution in [1.82, 2.24) is 0 Å². The topological polar surface area (TPSA) is 34.1 Å². The average molecular weight is 1520 g/mol. The van der Waals surface area contributed by atoms with Gasteiger partial charge in [-0.05, 0) is 361 Å². The number of benzene rings is 10. The van der Waals surface area contributed by atoms with Crippen LogP contribution in [-0.4, -0.2) is 11.6 Å². The van der Waals surface area contributed by atoms with Crippen molar-refractivity contribution in [2.24, 2.45) is 0 Å². The van der Waals surface area contributed by atoms with Gasteiger partial charge in [-0.3, -0.25) is 0 Å². The van der Waals surface area contributed by atoms with Crippen molar-refractivity contribution >= 4 is 11.6 Å². The largest absolute Gasteiger partial charge is 0.348 e. The molecule has 0 saturated carbocycles. The van der Waals surface area contributed by atoms with Crippen LogP contribution in [0, 0.1) is 274 Å². The van der Waals surface area contributed by atoms with E-state index in [-0.39, 0.29) is 77.0 Å². The maximum atomic E-state index is 15.0. The molecule has 0 aliphatic heterocycles. The number of ketones is 2. The van der Waals surface area contributed by atoms with Gasteiger partial charge in [0.1, 0.15) is 0 Å². The van der Waals surface area contributed by atoms with Crippen LogP contribution >= 0.6 is 0 Å². The Hall–Kier alpha value is -6.25. The zero-order chi connectivity index (χ0) is 75.3. The van der Waals surface area contributed by atoms with Crippen molar-refractivity contribution in [3.05, 3.63) is 291 Å². The normalized spacial score (nSPS) is 13.3. The summed E-state index contributed by atoms with van der Waals surface area (Å²) in [6, 6.07) is 14.6. The van der Waals surface area contributed by atoms with Crippen molar-refractivity contribution in [2.45, 2.75) is 260 Å². The molecule has 2 nitrogen and oxygen atoms in total. The van der Waals surface area contributed by atoms with Crippen LogP contribution in [-0.2, 0) is 76.2 Å². The molecule has 0 aromatic heterocycles. The Morgan fingerprint density at radius 1 is 0.163 bits per heavy atom. The molecule has 4 aliphatic carbocycles. The van der Waals surface area contributed by atoms with Gasteiger partial charge in [0.05, 0.1) is 17.0 Å². The SMILES string of the molecule is Cc1[c-]c(C(=O)c2[c-]c(C)c3c(c2C)-c2c(C)c(C)c(C)c(C)c2C32c3c(C)c(C)c(C)c(C)c3-c3c(C)c(C)c(C)c(C)c32)c(C)c(C)c1C.Cc1[c-]c(C(=O)c2[c-]c(C)c3c(c2C)C2(c4c(C)c(C)c(C)c(C)c4-3)c3c(C)c(C)c(C)c(C)c3-c3c(C)c(C)c(C)c(C)c32)c(C)c(C)c1C.[Y].[Y]. The van der Waals surface area contributed by atoms with Crippen LogP contribution in [0.5, 0.6) is 0 Å². The van der Waals surface area contributed by atoms with Gasteiger partial charge in [-0.2, -0.15) is 0 Å². The molecule has 4 aliphatic rings. The van der Waals surface area contributed by atoms with Crippen LogP contribution in [0.3, 0.4) is 0 Å². The van der Waals surface area contributed by atoms with Crippen LogP contribution < -0.4 is 0 Å². The van der Waals surface area contributed by atoms with Crippen LogP contribution in [0.15, 0.2) is 0 Å². The van der Waals surface area contributed by atoms with Gasteiger partial charge < -0.3 is 9.59 Å². The van der Waals surface area contributed by atoms with E-state index in [2.05, 4.69) is 274 Å². The molecule has 0 saturated heterocycles. The molecule has 2 radical (unpaired) electrons. The molecule has 10 aromatic carbocycles. The van der Waals surface area contributed by atoms with Crippen molar-refractivity contribution in [3.63, 3.8) is 0 Å². The van der Waals surface area contributed by atoms with Gasteiger partial charge in [0, 0.05) is 70.8 Å². The van der Waals surface area contributed by atoms with Crippen molar-refractivity contribution in [1.29, 1.82) is 0 Å². The van der Waals surface area contributed by atoms with E-state index in [1.54, 1.807) is 0 Å². The van der Waals surface area contributed by atoms with Crippen molar-refractivity contribution in [2.75, 3.05) is 0 Å². The molecule has 4 heteroatoms. The van der Waals surface area contributed by atoms with Gasteiger partial charge in [0.2, 0.25) is 0 Å².